The highest BCUT2D eigenvalue weighted by Gasteiger charge is 2.29. The smallest absolute Gasteiger partial charge is 0.0815 e. The van der Waals surface area contributed by atoms with E-state index in [1.54, 1.807) is 0 Å². The van der Waals surface area contributed by atoms with Crippen molar-refractivity contribution in [2.45, 2.75) is 50.7 Å². The highest BCUT2D eigenvalue weighted by atomic mass is 16.5. The van der Waals surface area contributed by atoms with Crippen molar-refractivity contribution in [3.8, 4) is 0 Å². The van der Waals surface area contributed by atoms with Gasteiger partial charge in [-0.1, -0.05) is 25.0 Å². The number of anilines is 1. The Labute approximate surface area is 139 Å². The molecule has 0 amide bonds. The molecule has 0 bridgehead atoms. The van der Waals surface area contributed by atoms with Crippen LogP contribution in [-0.4, -0.2) is 43.6 Å². The first-order valence-electron chi connectivity index (χ1n) is 9.10. The van der Waals surface area contributed by atoms with Crippen LogP contribution >= 0.6 is 0 Å². The van der Waals surface area contributed by atoms with E-state index in [1.807, 2.05) is 0 Å². The predicted molar refractivity (Wildman–Crippen MR) is 93.8 cm³/mol. The van der Waals surface area contributed by atoms with Gasteiger partial charge in [-0.05, 0) is 30.5 Å². The van der Waals surface area contributed by atoms with Gasteiger partial charge in [0.2, 0.25) is 0 Å². The van der Waals surface area contributed by atoms with E-state index < -0.39 is 5.60 Å². The number of benzene rings is 1. The van der Waals surface area contributed by atoms with Gasteiger partial charge >= 0.3 is 0 Å². The zero-order valence-electron chi connectivity index (χ0n) is 14.1. The number of rotatable bonds is 5. The number of nitrogens with zero attached hydrogens (tertiary/aromatic N) is 1. The average Bonchev–Trinajstić information content (AvgIpc) is 2.85. The first-order valence-corrected chi connectivity index (χ1v) is 9.10. The summed E-state index contributed by atoms with van der Waals surface area (Å²) in [6.45, 7) is 5.17. The van der Waals surface area contributed by atoms with Gasteiger partial charge in [0.05, 0.1) is 5.60 Å². The largest absolute Gasteiger partial charge is 0.388 e. The minimum Gasteiger partial charge on any atom is -0.388 e. The Morgan fingerprint density at radius 1 is 1.00 bits per heavy atom. The number of hydrogen-bond acceptors (Lipinski definition) is 4. The summed E-state index contributed by atoms with van der Waals surface area (Å²) >= 11 is 0. The molecule has 0 radical (unpaired) electrons. The molecule has 0 spiro atoms. The molecule has 0 aromatic heterocycles. The van der Waals surface area contributed by atoms with Crippen molar-refractivity contribution in [1.29, 1.82) is 0 Å². The van der Waals surface area contributed by atoms with Crippen LogP contribution in [0.5, 0.6) is 0 Å². The highest BCUT2D eigenvalue weighted by molar-refractivity contribution is 5.47. The number of aliphatic hydroxyl groups is 1. The van der Waals surface area contributed by atoms with Crippen molar-refractivity contribution in [3.63, 3.8) is 0 Å². The quantitative estimate of drug-likeness (QED) is 0.876. The molecule has 128 valence electrons. The molecule has 23 heavy (non-hydrogen) atoms. The lowest BCUT2D eigenvalue weighted by atomic mass is 9.94. The third kappa shape index (κ3) is 4.93. The third-order valence-corrected chi connectivity index (χ3v) is 5.11. The van der Waals surface area contributed by atoms with Gasteiger partial charge in [0.25, 0.3) is 0 Å². The first-order chi connectivity index (χ1) is 11.3. The number of nitrogens with one attached hydrogen (secondary N) is 1. The zero-order valence-corrected chi connectivity index (χ0v) is 14.1. The van der Waals surface area contributed by atoms with Gasteiger partial charge in [-0.2, -0.15) is 0 Å². The van der Waals surface area contributed by atoms with Crippen LogP contribution < -0.4 is 10.2 Å². The van der Waals surface area contributed by atoms with Gasteiger partial charge in [-0.25, -0.2) is 0 Å². The molecule has 0 atom stereocenters. The van der Waals surface area contributed by atoms with E-state index in [-0.39, 0.29) is 0 Å². The van der Waals surface area contributed by atoms with Crippen LogP contribution in [0.3, 0.4) is 0 Å². The fourth-order valence-corrected chi connectivity index (χ4v) is 3.52. The summed E-state index contributed by atoms with van der Waals surface area (Å²) in [4.78, 5) is 2.51. The van der Waals surface area contributed by atoms with Gasteiger partial charge in [0.15, 0.2) is 0 Å². The van der Waals surface area contributed by atoms with Crippen LogP contribution in [0.25, 0.3) is 0 Å². The molecule has 0 unspecified atom stereocenters. The van der Waals surface area contributed by atoms with E-state index in [4.69, 9.17) is 4.74 Å². The summed E-state index contributed by atoms with van der Waals surface area (Å²) in [5.41, 5.74) is 2.03. The standard InChI is InChI=1S/C19H30N2O2/c22-19(9-13-23-14-10-19)16-20-15-17-5-7-18(8-6-17)21-11-3-1-2-4-12-21/h5-8,20,22H,1-4,9-16H2. The summed E-state index contributed by atoms with van der Waals surface area (Å²) < 4.78 is 5.32. The van der Waals surface area contributed by atoms with Crippen molar-refractivity contribution < 1.29 is 9.84 Å². The van der Waals surface area contributed by atoms with E-state index in [2.05, 4.69) is 34.5 Å². The fraction of sp³-hybridized carbons (Fsp3) is 0.684. The molecule has 2 aliphatic rings. The van der Waals surface area contributed by atoms with Crippen molar-refractivity contribution >= 4 is 5.69 Å². The Morgan fingerprint density at radius 3 is 2.30 bits per heavy atom. The SMILES string of the molecule is OC1(CNCc2ccc(N3CCCCCC3)cc2)CCOCC1. The summed E-state index contributed by atoms with van der Waals surface area (Å²) in [5, 5.41) is 13.8. The topological polar surface area (TPSA) is 44.7 Å². The lowest BCUT2D eigenvalue weighted by Crippen LogP contribution is -2.44. The summed E-state index contributed by atoms with van der Waals surface area (Å²) in [7, 11) is 0. The second-order valence-electron chi connectivity index (χ2n) is 7.01. The summed E-state index contributed by atoms with van der Waals surface area (Å²) in [6.07, 6.45) is 6.82. The molecular formula is C19H30N2O2. The maximum absolute atomic E-state index is 10.4. The number of hydrogen-bond donors (Lipinski definition) is 2. The molecule has 0 aliphatic carbocycles. The van der Waals surface area contributed by atoms with Crippen molar-refractivity contribution in [1.82, 2.24) is 5.32 Å². The van der Waals surface area contributed by atoms with Crippen LogP contribution in [0.4, 0.5) is 5.69 Å². The first kappa shape index (κ1) is 16.7. The Bertz CT molecular complexity index is 461. The normalized spacial score (nSPS) is 21.9. The molecule has 2 aliphatic heterocycles. The van der Waals surface area contributed by atoms with Crippen LogP contribution in [0.1, 0.15) is 44.1 Å². The van der Waals surface area contributed by atoms with E-state index >= 15 is 0 Å². The molecule has 4 nitrogen and oxygen atoms in total. The van der Waals surface area contributed by atoms with Crippen LogP contribution in [0.15, 0.2) is 24.3 Å². The molecule has 2 saturated heterocycles. The predicted octanol–water partition coefficient (Wildman–Crippen LogP) is 2.70. The maximum Gasteiger partial charge on any atom is 0.0815 e. The maximum atomic E-state index is 10.4. The minimum absolute atomic E-state index is 0.593. The Morgan fingerprint density at radius 2 is 1.65 bits per heavy atom. The third-order valence-electron chi connectivity index (χ3n) is 5.11. The molecule has 1 aromatic carbocycles. The van der Waals surface area contributed by atoms with Crippen molar-refractivity contribution in [3.05, 3.63) is 29.8 Å². The Kier molecular flexibility index (Phi) is 5.92. The van der Waals surface area contributed by atoms with E-state index in [9.17, 15) is 5.11 Å². The van der Waals surface area contributed by atoms with E-state index in [1.165, 1.54) is 50.0 Å². The monoisotopic (exact) mass is 318 g/mol. The van der Waals surface area contributed by atoms with Gasteiger partial charge < -0.3 is 20.1 Å². The van der Waals surface area contributed by atoms with Gasteiger partial charge in [-0.3, -0.25) is 0 Å². The van der Waals surface area contributed by atoms with Crippen LogP contribution in [0.2, 0.25) is 0 Å². The molecule has 0 saturated carbocycles. The second-order valence-corrected chi connectivity index (χ2v) is 7.01. The molecule has 2 heterocycles. The van der Waals surface area contributed by atoms with Gasteiger partial charge in [-0.15, -0.1) is 0 Å². The van der Waals surface area contributed by atoms with Gasteiger partial charge in [0.1, 0.15) is 0 Å². The summed E-state index contributed by atoms with van der Waals surface area (Å²) in [6, 6.07) is 8.90. The Hall–Kier alpha value is -1.10. The van der Waals surface area contributed by atoms with Crippen LogP contribution in [-0.2, 0) is 11.3 Å². The Balaban J connectivity index is 1.47. The second kappa shape index (κ2) is 8.13. The minimum atomic E-state index is -0.593. The van der Waals surface area contributed by atoms with E-state index in [0.717, 1.165) is 19.4 Å². The lowest BCUT2D eigenvalue weighted by Gasteiger charge is -2.32. The highest BCUT2D eigenvalue weighted by Crippen LogP contribution is 2.21. The summed E-state index contributed by atoms with van der Waals surface area (Å²) in [5.74, 6) is 0. The van der Waals surface area contributed by atoms with Crippen LogP contribution in [0, 0.1) is 0 Å². The zero-order chi connectivity index (χ0) is 16.0. The van der Waals surface area contributed by atoms with E-state index in [0.29, 0.717) is 19.8 Å². The van der Waals surface area contributed by atoms with Gasteiger partial charge in [0, 0.05) is 57.9 Å². The lowest BCUT2D eigenvalue weighted by molar-refractivity contribution is -0.0617. The molecule has 4 heteroatoms. The molecule has 2 N–H and O–H groups in total. The number of ether oxygens (including phenoxy) is 1. The molecular weight excluding hydrogens is 288 g/mol. The molecule has 1 aromatic rings. The molecule has 3 rings (SSSR count). The average molecular weight is 318 g/mol. The van der Waals surface area contributed by atoms with Crippen molar-refractivity contribution in [2.75, 3.05) is 37.7 Å². The molecule has 2 fully saturated rings. The fourth-order valence-electron chi connectivity index (χ4n) is 3.52. The van der Waals surface area contributed by atoms with Crippen molar-refractivity contribution in [2.24, 2.45) is 0 Å².